The van der Waals surface area contributed by atoms with Crippen LogP contribution in [0.3, 0.4) is 0 Å². The first-order valence-electron chi connectivity index (χ1n) is 17.9. The molecule has 12 nitrogen and oxygen atoms in total. The molecule has 5 bridgehead atoms. The highest BCUT2D eigenvalue weighted by molar-refractivity contribution is 5.99. The first kappa shape index (κ1) is 35.3. The third-order valence-electron chi connectivity index (χ3n) is 10.5. The number of nitrogens with zero attached hydrogens (tertiary/aromatic N) is 3. The molecule has 0 radical (unpaired) electrons. The topological polar surface area (TPSA) is 138 Å². The molecule has 49 heavy (non-hydrogen) atoms. The van der Waals surface area contributed by atoms with Gasteiger partial charge in [0.1, 0.15) is 23.7 Å². The fourth-order valence-electron chi connectivity index (χ4n) is 8.00. The molecule has 266 valence electrons. The van der Waals surface area contributed by atoms with Gasteiger partial charge in [0, 0.05) is 52.3 Å². The Hall–Kier alpha value is -3.58. The second kappa shape index (κ2) is 16.0. The summed E-state index contributed by atoms with van der Waals surface area (Å²) in [5, 5.41) is 12.3. The maximum absolute atomic E-state index is 14.8. The summed E-state index contributed by atoms with van der Waals surface area (Å²) in [5.74, 6) is -3.13. The number of nitrogens with one attached hydrogen (secondary N) is 1. The number of hydrogen-bond donors (Lipinski definition) is 2. The summed E-state index contributed by atoms with van der Waals surface area (Å²) < 4.78 is 18.3. The van der Waals surface area contributed by atoms with Crippen molar-refractivity contribution in [3.8, 4) is 0 Å². The number of esters is 1. The molecule has 0 aromatic heterocycles. The van der Waals surface area contributed by atoms with E-state index in [0.717, 1.165) is 31.5 Å². The van der Waals surface area contributed by atoms with Crippen LogP contribution in [0.1, 0.15) is 57.1 Å². The van der Waals surface area contributed by atoms with Gasteiger partial charge in [0.25, 0.3) is 0 Å². The maximum Gasteiger partial charge on any atom is 0.313 e. The predicted octanol–water partition coefficient (Wildman–Crippen LogP) is 1.99. The van der Waals surface area contributed by atoms with Crippen molar-refractivity contribution in [2.45, 2.75) is 75.3 Å². The molecule has 1 aromatic rings. The second-order valence-corrected chi connectivity index (χ2v) is 13.7. The number of carbonyl (C=O) groups is 4. The first-order valence-corrected chi connectivity index (χ1v) is 17.9. The molecule has 0 unspecified atom stereocenters. The van der Waals surface area contributed by atoms with Crippen molar-refractivity contribution in [3.63, 3.8) is 0 Å². The minimum atomic E-state index is -1.30. The van der Waals surface area contributed by atoms with E-state index in [1.165, 1.54) is 0 Å². The Morgan fingerprint density at radius 3 is 2.49 bits per heavy atom. The Balaban J connectivity index is 1.34. The number of amides is 3. The lowest BCUT2D eigenvalue weighted by molar-refractivity contribution is -0.161. The van der Waals surface area contributed by atoms with Crippen LogP contribution in [-0.4, -0.2) is 126 Å². The highest BCUT2D eigenvalue weighted by atomic mass is 16.6. The molecular formula is C37H50N4O8. The van der Waals surface area contributed by atoms with E-state index in [1.54, 1.807) is 15.9 Å². The van der Waals surface area contributed by atoms with E-state index in [2.05, 4.69) is 10.2 Å². The average molecular weight is 679 g/mol. The number of rotatable bonds is 10. The van der Waals surface area contributed by atoms with Gasteiger partial charge < -0.3 is 34.4 Å². The molecular weight excluding hydrogens is 628 g/mol. The fourth-order valence-corrected chi connectivity index (χ4v) is 8.00. The minimum absolute atomic E-state index is 0.108. The van der Waals surface area contributed by atoms with Crippen molar-refractivity contribution in [2.24, 2.45) is 11.8 Å². The first-order chi connectivity index (χ1) is 23.8. The molecule has 7 atom stereocenters. The monoisotopic (exact) mass is 678 g/mol. The number of aliphatic hydroxyl groups is 1. The number of aliphatic hydroxyl groups excluding tert-OH is 1. The van der Waals surface area contributed by atoms with Gasteiger partial charge in [0.15, 0.2) is 0 Å². The van der Waals surface area contributed by atoms with Crippen molar-refractivity contribution in [1.29, 1.82) is 0 Å². The summed E-state index contributed by atoms with van der Waals surface area (Å²) in [6, 6.07) is 7.79. The van der Waals surface area contributed by atoms with Crippen molar-refractivity contribution in [1.82, 2.24) is 20.0 Å². The molecule has 1 aromatic carbocycles. The van der Waals surface area contributed by atoms with E-state index in [4.69, 9.17) is 14.2 Å². The number of ether oxygens (including phenoxy) is 3. The highest BCUT2D eigenvalue weighted by Crippen LogP contribution is 2.56. The number of unbranched alkanes of at least 4 members (excludes halogenated alkanes) is 3. The van der Waals surface area contributed by atoms with Gasteiger partial charge in [-0.05, 0) is 31.7 Å². The smallest absolute Gasteiger partial charge is 0.313 e. The molecule has 12 heteroatoms. The predicted molar refractivity (Wildman–Crippen MR) is 180 cm³/mol. The van der Waals surface area contributed by atoms with Crippen LogP contribution < -0.4 is 5.32 Å². The van der Waals surface area contributed by atoms with E-state index in [0.29, 0.717) is 58.7 Å². The highest BCUT2D eigenvalue weighted by Gasteiger charge is 2.73. The lowest BCUT2D eigenvalue weighted by atomic mass is 9.74. The van der Waals surface area contributed by atoms with Crippen LogP contribution in [0.15, 0.2) is 54.6 Å². The molecule has 3 amide bonds. The number of benzene rings is 1. The quantitative estimate of drug-likeness (QED) is 0.216. The molecule has 5 aliphatic rings. The number of fused-ring (bicyclic) bond motifs is 2. The van der Waals surface area contributed by atoms with Gasteiger partial charge >= 0.3 is 5.97 Å². The third kappa shape index (κ3) is 7.47. The maximum atomic E-state index is 14.8. The minimum Gasteiger partial charge on any atom is -0.455 e. The standard InChI is InChI=1S/C37H50N4O8/c1-26-32(27-12-6-4-7-13-27)48-36(46)30-28-15-16-37(49-28)31(30)34(44)41(18-10-2-3-11-23-42)33(37)35(45)40(17-9-5-8-14-29(43)38-26)20-19-39-21-24-47-25-22-39/h4-7,9,12-13,15-16,26,28,30-33,42H,2-3,8,10-11,14,17-25H2,1H3,(H,38,43)/b9-5-/t26-,28+,30-,31-,32+,33+,37-/m1/s1. The van der Waals surface area contributed by atoms with Crippen LogP contribution in [0.4, 0.5) is 0 Å². The Morgan fingerprint density at radius 2 is 1.71 bits per heavy atom. The summed E-state index contributed by atoms with van der Waals surface area (Å²) in [6.45, 7) is 6.50. The van der Waals surface area contributed by atoms with Gasteiger partial charge in [-0.25, -0.2) is 0 Å². The van der Waals surface area contributed by atoms with Crippen LogP contribution in [0, 0.1) is 11.8 Å². The molecule has 3 fully saturated rings. The second-order valence-electron chi connectivity index (χ2n) is 13.7. The van der Waals surface area contributed by atoms with Gasteiger partial charge in [0.2, 0.25) is 17.7 Å². The number of likely N-dealkylation sites (tertiary alicyclic amines) is 1. The molecule has 1 spiro atoms. The molecule has 0 aliphatic carbocycles. The third-order valence-corrected chi connectivity index (χ3v) is 10.5. The van der Waals surface area contributed by atoms with Crippen LogP contribution in [-0.2, 0) is 33.4 Å². The molecule has 5 heterocycles. The Labute approximate surface area is 288 Å². The van der Waals surface area contributed by atoms with E-state index in [-0.39, 0.29) is 30.7 Å². The normalized spacial score (nSPS) is 33.1. The zero-order valence-corrected chi connectivity index (χ0v) is 28.4. The van der Waals surface area contributed by atoms with E-state index >= 15 is 0 Å². The summed E-state index contributed by atoms with van der Waals surface area (Å²) >= 11 is 0. The van der Waals surface area contributed by atoms with E-state index in [1.807, 2.05) is 55.5 Å². The van der Waals surface area contributed by atoms with Crippen molar-refractivity contribution < 1.29 is 38.5 Å². The largest absolute Gasteiger partial charge is 0.455 e. The van der Waals surface area contributed by atoms with Gasteiger partial charge in [0.05, 0.1) is 31.3 Å². The van der Waals surface area contributed by atoms with Crippen LogP contribution in [0.25, 0.3) is 0 Å². The lowest BCUT2D eigenvalue weighted by Gasteiger charge is -2.37. The molecule has 3 saturated heterocycles. The number of allylic oxidation sites excluding steroid dienone is 1. The summed E-state index contributed by atoms with van der Waals surface area (Å²) in [7, 11) is 0. The molecule has 6 rings (SSSR count). The zero-order chi connectivity index (χ0) is 34.4. The molecule has 0 saturated carbocycles. The van der Waals surface area contributed by atoms with Gasteiger partial charge in [-0.2, -0.15) is 0 Å². The average Bonchev–Trinajstić information content (AvgIpc) is 3.75. The van der Waals surface area contributed by atoms with Crippen LogP contribution in [0.5, 0.6) is 0 Å². The van der Waals surface area contributed by atoms with Crippen LogP contribution in [0.2, 0.25) is 0 Å². The zero-order valence-electron chi connectivity index (χ0n) is 28.4. The Bertz CT molecular complexity index is 1400. The summed E-state index contributed by atoms with van der Waals surface area (Å²) in [6.07, 6.45) is 9.60. The summed E-state index contributed by atoms with van der Waals surface area (Å²) in [4.78, 5) is 62.3. The van der Waals surface area contributed by atoms with Gasteiger partial charge in [-0.1, -0.05) is 67.5 Å². The number of cyclic esters (lactones) is 1. The Kier molecular flexibility index (Phi) is 11.5. The molecule has 5 aliphatic heterocycles. The van der Waals surface area contributed by atoms with E-state index in [9.17, 15) is 24.3 Å². The number of hydrogen-bond acceptors (Lipinski definition) is 9. The fraction of sp³-hybridized carbons (Fsp3) is 0.622. The Morgan fingerprint density at radius 1 is 0.939 bits per heavy atom. The lowest BCUT2D eigenvalue weighted by Crippen LogP contribution is -2.57. The van der Waals surface area contributed by atoms with Gasteiger partial charge in [-0.15, -0.1) is 0 Å². The number of morpholine rings is 1. The number of carbonyl (C=O) groups excluding carboxylic acids is 4. The van der Waals surface area contributed by atoms with Gasteiger partial charge in [-0.3, -0.25) is 24.1 Å². The molecule has 2 N–H and O–H groups in total. The SMILES string of the molecule is C[C@H]1NC(=O)CC/C=C\CN(CCN2CCOCC2)C(=O)[C@@H]2N(CCCCCCO)C(=O)[C@H]3[C@H](C(=O)O[C@@H]1c1ccccc1)[C@@H]1C=C[C@]23O1. The summed E-state index contributed by atoms with van der Waals surface area (Å²) in [5.41, 5.74) is -0.577. The van der Waals surface area contributed by atoms with Crippen molar-refractivity contribution in [2.75, 3.05) is 59.1 Å². The van der Waals surface area contributed by atoms with Crippen molar-refractivity contribution >= 4 is 23.7 Å². The van der Waals surface area contributed by atoms with Crippen LogP contribution >= 0.6 is 0 Å². The van der Waals surface area contributed by atoms with Crippen molar-refractivity contribution in [3.05, 3.63) is 60.2 Å². The van der Waals surface area contributed by atoms with E-state index < -0.39 is 47.7 Å².